The van der Waals surface area contributed by atoms with E-state index in [9.17, 15) is 9.59 Å². The molecular formula is C13H16ClN5O2. The normalized spacial score (nSPS) is 11.8. The largest absolute Gasteiger partial charge is 0.332 e. The molecule has 0 N–H and O–H groups in total. The fourth-order valence-corrected chi connectivity index (χ4v) is 2.74. The quantitative estimate of drug-likeness (QED) is 0.666. The van der Waals surface area contributed by atoms with Gasteiger partial charge in [0.25, 0.3) is 5.56 Å². The number of rotatable bonds is 3. The summed E-state index contributed by atoms with van der Waals surface area (Å²) in [6, 6.07) is 0. The maximum Gasteiger partial charge on any atom is 0.332 e. The van der Waals surface area contributed by atoms with E-state index in [2.05, 4.69) is 4.98 Å². The van der Waals surface area contributed by atoms with Gasteiger partial charge in [-0.2, -0.15) is 4.98 Å². The molecule has 0 saturated heterocycles. The lowest BCUT2D eigenvalue weighted by atomic mass is 10.4. The molecule has 0 spiro atoms. The van der Waals surface area contributed by atoms with Crippen LogP contribution in [-0.2, 0) is 20.6 Å². The molecule has 0 atom stereocenters. The number of aromatic nitrogens is 5. The summed E-state index contributed by atoms with van der Waals surface area (Å²) in [6.07, 6.45) is 2.68. The van der Waals surface area contributed by atoms with Crippen molar-refractivity contribution in [3.63, 3.8) is 0 Å². The Morgan fingerprint density at radius 3 is 2.62 bits per heavy atom. The van der Waals surface area contributed by atoms with Gasteiger partial charge >= 0.3 is 5.69 Å². The van der Waals surface area contributed by atoms with Crippen molar-refractivity contribution in [2.45, 2.75) is 19.9 Å². The number of nitrogens with zero attached hydrogens (tertiary/aromatic N) is 5. The van der Waals surface area contributed by atoms with Crippen molar-refractivity contribution in [1.29, 1.82) is 0 Å². The van der Waals surface area contributed by atoms with E-state index in [1.165, 1.54) is 11.6 Å². The van der Waals surface area contributed by atoms with Crippen molar-refractivity contribution >= 4 is 28.5 Å². The molecule has 3 heterocycles. The van der Waals surface area contributed by atoms with Crippen LogP contribution in [-0.4, -0.2) is 29.0 Å². The van der Waals surface area contributed by atoms with E-state index in [0.29, 0.717) is 22.8 Å². The number of hydrogen-bond donors (Lipinski definition) is 0. The van der Waals surface area contributed by atoms with Gasteiger partial charge in [-0.15, -0.1) is 11.6 Å². The van der Waals surface area contributed by atoms with Gasteiger partial charge in [0.2, 0.25) is 5.78 Å². The van der Waals surface area contributed by atoms with E-state index in [1.54, 1.807) is 11.4 Å². The van der Waals surface area contributed by atoms with Gasteiger partial charge < -0.3 is 4.57 Å². The molecular weight excluding hydrogens is 294 g/mol. The Kier molecular flexibility index (Phi) is 3.16. The Bertz CT molecular complexity index is 959. The van der Waals surface area contributed by atoms with Crippen molar-refractivity contribution in [3.8, 4) is 0 Å². The molecule has 3 aromatic heterocycles. The van der Waals surface area contributed by atoms with E-state index in [1.807, 2.05) is 17.7 Å². The zero-order chi connectivity index (χ0) is 15.3. The fraction of sp³-hybridized carbons (Fsp3) is 0.462. The molecule has 3 aromatic rings. The molecule has 0 unspecified atom stereocenters. The first kappa shape index (κ1) is 13.9. The molecule has 0 aliphatic carbocycles. The Hall–Kier alpha value is -2.02. The van der Waals surface area contributed by atoms with Crippen molar-refractivity contribution in [1.82, 2.24) is 23.1 Å². The second-order valence-corrected chi connectivity index (χ2v) is 5.50. The molecule has 0 radical (unpaired) electrons. The van der Waals surface area contributed by atoms with Crippen LogP contribution in [0.2, 0.25) is 0 Å². The molecule has 21 heavy (non-hydrogen) atoms. The predicted octanol–water partition coefficient (Wildman–Crippen LogP) is 0.624. The highest BCUT2D eigenvalue weighted by Crippen LogP contribution is 2.16. The Morgan fingerprint density at radius 2 is 1.95 bits per heavy atom. The van der Waals surface area contributed by atoms with E-state index < -0.39 is 0 Å². The number of alkyl halides is 1. The predicted molar refractivity (Wildman–Crippen MR) is 81.2 cm³/mol. The lowest BCUT2D eigenvalue weighted by Gasteiger charge is -2.03. The third-order valence-corrected chi connectivity index (χ3v) is 4.04. The summed E-state index contributed by atoms with van der Waals surface area (Å²) < 4.78 is 6.25. The number of halogens is 1. The van der Waals surface area contributed by atoms with Crippen molar-refractivity contribution in [2.24, 2.45) is 14.1 Å². The Labute approximate surface area is 125 Å². The highest BCUT2D eigenvalue weighted by Gasteiger charge is 2.18. The number of imidazole rings is 2. The van der Waals surface area contributed by atoms with Gasteiger partial charge in [-0.05, 0) is 13.3 Å². The summed E-state index contributed by atoms with van der Waals surface area (Å²) in [6.45, 7) is 2.69. The molecule has 0 amide bonds. The van der Waals surface area contributed by atoms with Gasteiger partial charge in [0.1, 0.15) is 0 Å². The van der Waals surface area contributed by atoms with E-state index >= 15 is 0 Å². The molecule has 8 heteroatoms. The minimum absolute atomic E-state index is 0.338. The molecule has 7 nitrogen and oxygen atoms in total. The monoisotopic (exact) mass is 309 g/mol. The third kappa shape index (κ3) is 1.84. The summed E-state index contributed by atoms with van der Waals surface area (Å²) in [7, 11) is 3.09. The van der Waals surface area contributed by atoms with E-state index in [4.69, 9.17) is 11.6 Å². The van der Waals surface area contributed by atoms with Gasteiger partial charge in [-0.3, -0.25) is 18.3 Å². The lowest BCUT2D eigenvalue weighted by Crippen LogP contribution is -2.37. The minimum Gasteiger partial charge on any atom is -0.314 e. The maximum absolute atomic E-state index is 12.4. The van der Waals surface area contributed by atoms with Crippen molar-refractivity contribution in [3.05, 3.63) is 32.7 Å². The Balaban J connectivity index is 2.45. The first-order valence-electron chi connectivity index (χ1n) is 6.67. The standard InChI is InChI=1S/C13H16ClN5O2/c1-8-7-19-9-10(15-12(19)18(8)6-4-5-14)16(2)13(21)17(3)11(9)20/h7H,4-6H2,1-3H3. The van der Waals surface area contributed by atoms with E-state index in [0.717, 1.165) is 23.2 Å². The summed E-state index contributed by atoms with van der Waals surface area (Å²) in [5, 5.41) is 0. The van der Waals surface area contributed by atoms with Crippen LogP contribution in [0.15, 0.2) is 15.8 Å². The molecule has 0 fully saturated rings. The van der Waals surface area contributed by atoms with Crippen molar-refractivity contribution in [2.75, 3.05) is 5.88 Å². The first-order valence-corrected chi connectivity index (χ1v) is 7.20. The van der Waals surface area contributed by atoms with Crippen LogP contribution >= 0.6 is 11.6 Å². The second-order valence-electron chi connectivity index (χ2n) is 5.12. The summed E-state index contributed by atoms with van der Waals surface area (Å²) in [5.41, 5.74) is 1.10. The molecule has 0 aliphatic rings. The number of hydrogen-bond acceptors (Lipinski definition) is 3. The lowest BCUT2D eigenvalue weighted by molar-refractivity contribution is 0.680. The van der Waals surface area contributed by atoms with Crippen LogP contribution in [0.25, 0.3) is 16.9 Å². The van der Waals surface area contributed by atoms with Gasteiger partial charge in [-0.25, -0.2) is 4.79 Å². The highest BCUT2D eigenvalue weighted by molar-refractivity contribution is 6.17. The highest BCUT2D eigenvalue weighted by atomic mass is 35.5. The molecule has 0 bridgehead atoms. The smallest absolute Gasteiger partial charge is 0.314 e. The van der Waals surface area contributed by atoms with Gasteiger partial charge in [-0.1, -0.05) is 0 Å². The molecule has 0 saturated carbocycles. The second kappa shape index (κ2) is 4.77. The summed E-state index contributed by atoms with van der Waals surface area (Å²) in [5.74, 6) is 1.22. The van der Waals surface area contributed by atoms with Crippen molar-refractivity contribution < 1.29 is 0 Å². The summed E-state index contributed by atoms with van der Waals surface area (Å²) >= 11 is 5.75. The molecule has 0 aliphatic heterocycles. The number of fused-ring (bicyclic) bond motifs is 3. The van der Waals surface area contributed by atoms with Crippen LogP contribution < -0.4 is 11.2 Å². The fourth-order valence-electron chi connectivity index (χ4n) is 2.62. The molecule has 112 valence electrons. The molecule has 3 rings (SSSR count). The van der Waals surface area contributed by atoms with Gasteiger partial charge in [0.05, 0.1) is 0 Å². The first-order chi connectivity index (χ1) is 9.97. The zero-order valence-electron chi connectivity index (χ0n) is 12.1. The van der Waals surface area contributed by atoms with Crippen LogP contribution in [0.4, 0.5) is 0 Å². The van der Waals surface area contributed by atoms with Crippen LogP contribution in [0.5, 0.6) is 0 Å². The number of aryl methyl sites for hydroxylation is 3. The SMILES string of the molecule is Cc1cn2c3c(=O)n(C)c(=O)n(C)c3nc2n1CCCCl. The van der Waals surface area contributed by atoms with Crippen LogP contribution in [0.3, 0.4) is 0 Å². The molecule has 0 aromatic carbocycles. The van der Waals surface area contributed by atoms with Crippen LogP contribution in [0.1, 0.15) is 12.1 Å². The van der Waals surface area contributed by atoms with E-state index in [-0.39, 0.29) is 11.2 Å². The summed E-state index contributed by atoms with van der Waals surface area (Å²) in [4.78, 5) is 28.8. The minimum atomic E-state index is -0.378. The van der Waals surface area contributed by atoms with Gasteiger partial charge in [0, 0.05) is 38.4 Å². The topological polar surface area (TPSA) is 66.2 Å². The average Bonchev–Trinajstić information content (AvgIpc) is 2.96. The van der Waals surface area contributed by atoms with Gasteiger partial charge in [0.15, 0.2) is 11.2 Å². The zero-order valence-corrected chi connectivity index (χ0v) is 12.9. The average molecular weight is 310 g/mol. The Morgan fingerprint density at radius 1 is 1.24 bits per heavy atom. The third-order valence-electron chi connectivity index (χ3n) is 3.77. The van der Waals surface area contributed by atoms with Crippen LogP contribution in [0, 0.1) is 6.92 Å². The maximum atomic E-state index is 12.4.